The molecule has 2 aromatic heterocycles. The van der Waals surface area contributed by atoms with Gasteiger partial charge < -0.3 is 10.6 Å². The molecule has 162 valence electrons. The lowest BCUT2D eigenvalue weighted by molar-refractivity contribution is -0.137. The van der Waals surface area contributed by atoms with Crippen LogP contribution in [0.1, 0.15) is 45.4 Å². The number of carbonyl (C=O) groups excluding carboxylic acids is 1. The van der Waals surface area contributed by atoms with Crippen molar-refractivity contribution >= 4 is 23.2 Å². The van der Waals surface area contributed by atoms with Gasteiger partial charge in [0.15, 0.2) is 0 Å². The van der Waals surface area contributed by atoms with Gasteiger partial charge in [0.1, 0.15) is 4.88 Å². The van der Waals surface area contributed by atoms with E-state index in [4.69, 9.17) is 5.73 Å². The third-order valence-electron chi connectivity index (χ3n) is 5.40. The molecule has 10 heteroatoms. The number of rotatable bonds is 3. The summed E-state index contributed by atoms with van der Waals surface area (Å²) in [6, 6.07) is 4.90. The minimum Gasteiger partial charge on any atom is -0.368 e. The first-order valence-electron chi connectivity index (χ1n) is 9.73. The van der Waals surface area contributed by atoms with Crippen LogP contribution in [0.15, 0.2) is 36.0 Å². The van der Waals surface area contributed by atoms with Crippen LogP contribution in [0.5, 0.6) is 0 Å². The Morgan fingerprint density at radius 3 is 2.61 bits per heavy atom. The molecule has 1 atom stereocenters. The number of carbonyl (C=O) groups is 1. The van der Waals surface area contributed by atoms with E-state index in [1.807, 2.05) is 0 Å². The van der Waals surface area contributed by atoms with E-state index in [0.717, 1.165) is 25.0 Å². The molecule has 0 spiro atoms. The Hall–Kier alpha value is -3.01. The topological polar surface area (TPSA) is 85.0 Å². The number of hydrogen-bond donors (Lipinski definition) is 1. The Kier molecular flexibility index (Phi) is 5.65. The monoisotopic (exact) mass is 447 g/mol. The standard InChI is InChI=1S/C21H20F3N5OS/c1-12-18(31-11-27-12)19(30)29-8-2-3-14(10-29)17-16(9-26-20(25)28-17)13-4-6-15(7-5-13)21(22,23)24/h4-7,9,11,14H,2-3,8,10H2,1H3,(H2,25,26,28)/t14-/m0/s1. The van der Waals surface area contributed by atoms with Crippen LogP contribution in [-0.2, 0) is 6.18 Å². The fourth-order valence-corrected chi connectivity index (χ4v) is 4.59. The average molecular weight is 447 g/mol. The zero-order valence-electron chi connectivity index (χ0n) is 16.7. The fourth-order valence-electron chi connectivity index (χ4n) is 3.82. The highest BCUT2D eigenvalue weighted by atomic mass is 32.1. The van der Waals surface area contributed by atoms with Gasteiger partial charge >= 0.3 is 6.18 Å². The van der Waals surface area contributed by atoms with E-state index in [0.29, 0.717) is 40.5 Å². The van der Waals surface area contributed by atoms with Gasteiger partial charge in [-0.1, -0.05) is 12.1 Å². The fraction of sp³-hybridized carbons (Fsp3) is 0.333. The first-order valence-corrected chi connectivity index (χ1v) is 10.6. The molecule has 0 saturated carbocycles. The highest BCUT2D eigenvalue weighted by molar-refractivity contribution is 7.11. The molecule has 1 aliphatic heterocycles. The Morgan fingerprint density at radius 2 is 1.97 bits per heavy atom. The van der Waals surface area contributed by atoms with Gasteiger partial charge in [0.25, 0.3) is 5.91 Å². The summed E-state index contributed by atoms with van der Waals surface area (Å²) in [5.74, 6) is -0.0799. The van der Waals surface area contributed by atoms with Crippen molar-refractivity contribution in [1.29, 1.82) is 0 Å². The predicted molar refractivity (Wildman–Crippen MR) is 112 cm³/mol. The summed E-state index contributed by atoms with van der Waals surface area (Å²) >= 11 is 1.31. The van der Waals surface area contributed by atoms with Crippen molar-refractivity contribution in [1.82, 2.24) is 19.9 Å². The van der Waals surface area contributed by atoms with Gasteiger partial charge in [-0.25, -0.2) is 15.0 Å². The van der Waals surface area contributed by atoms with Crippen molar-refractivity contribution < 1.29 is 18.0 Å². The van der Waals surface area contributed by atoms with Crippen molar-refractivity contribution in [3.05, 3.63) is 57.8 Å². The lowest BCUT2D eigenvalue weighted by Crippen LogP contribution is -2.39. The first kappa shape index (κ1) is 21.2. The average Bonchev–Trinajstić information content (AvgIpc) is 3.18. The lowest BCUT2D eigenvalue weighted by Gasteiger charge is -2.33. The summed E-state index contributed by atoms with van der Waals surface area (Å²) in [4.78, 5) is 28.0. The molecule has 1 aromatic carbocycles. The van der Waals surface area contributed by atoms with E-state index in [-0.39, 0.29) is 17.8 Å². The summed E-state index contributed by atoms with van der Waals surface area (Å²) < 4.78 is 38.8. The molecule has 1 amide bonds. The van der Waals surface area contributed by atoms with E-state index < -0.39 is 11.7 Å². The second-order valence-corrected chi connectivity index (χ2v) is 8.31. The number of nitrogens with two attached hydrogens (primary N) is 1. The largest absolute Gasteiger partial charge is 0.416 e. The summed E-state index contributed by atoms with van der Waals surface area (Å²) in [5.41, 5.74) is 9.30. The summed E-state index contributed by atoms with van der Waals surface area (Å²) in [5, 5.41) is 0. The number of halogens is 3. The molecule has 6 nitrogen and oxygen atoms in total. The van der Waals surface area contributed by atoms with Crippen LogP contribution >= 0.6 is 11.3 Å². The molecule has 0 radical (unpaired) electrons. The number of aryl methyl sites for hydroxylation is 1. The Morgan fingerprint density at radius 1 is 1.23 bits per heavy atom. The molecule has 2 N–H and O–H groups in total. The number of likely N-dealkylation sites (tertiary alicyclic amines) is 1. The molecule has 4 rings (SSSR count). The van der Waals surface area contributed by atoms with Gasteiger partial charge in [0.2, 0.25) is 5.95 Å². The van der Waals surface area contributed by atoms with Crippen molar-refractivity contribution in [2.45, 2.75) is 31.9 Å². The van der Waals surface area contributed by atoms with Crippen molar-refractivity contribution in [3.63, 3.8) is 0 Å². The highest BCUT2D eigenvalue weighted by Crippen LogP contribution is 2.36. The summed E-state index contributed by atoms with van der Waals surface area (Å²) in [7, 11) is 0. The number of anilines is 1. The number of thiazole rings is 1. The van der Waals surface area contributed by atoms with Gasteiger partial charge in [0.05, 0.1) is 22.5 Å². The SMILES string of the molecule is Cc1ncsc1C(=O)N1CCC[C@H](c2nc(N)ncc2-c2ccc(C(F)(F)F)cc2)C1. The lowest BCUT2D eigenvalue weighted by atomic mass is 9.89. The molecule has 3 aromatic rings. The van der Waals surface area contributed by atoms with E-state index in [1.54, 1.807) is 17.3 Å². The number of benzene rings is 1. The highest BCUT2D eigenvalue weighted by Gasteiger charge is 2.31. The molecule has 1 saturated heterocycles. The third kappa shape index (κ3) is 4.39. The van der Waals surface area contributed by atoms with E-state index in [9.17, 15) is 18.0 Å². The van der Waals surface area contributed by atoms with Crippen LogP contribution < -0.4 is 5.73 Å². The normalized spacial score (nSPS) is 17.0. The quantitative estimate of drug-likeness (QED) is 0.638. The van der Waals surface area contributed by atoms with Crippen molar-refractivity contribution in [3.8, 4) is 11.1 Å². The van der Waals surface area contributed by atoms with Crippen LogP contribution in [0.4, 0.5) is 19.1 Å². The molecule has 0 unspecified atom stereocenters. The van der Waals surface area contributed by atoms with Gasteiger partial charge in [-0.05, 0) is 37.5 Å². The Bertz CT molecular complexity index is 1100. The van der Waals surface area contributed by atoms with Crippen molar-refractivity contribution in [2.24, 2.45) is 0 Å². The molecule has 31 heavy (non-hydrogen) atoms. The maximum absolute atomic E-state index is 12.9. The molecule has 0 bridgehead atoms. The van der Waals surface area contributed by atoms with Crippen LogP contribution in [-0.4, -0.2) is 38.8 Å². The molecule has 0 aliphatic carbocycles. The van der Waals surface area contributed by atoms with Gasteiger partial charge in [0, 0.05) is 30.8 Å². The molecule has 1 fully saturated rings. The van der Waals surface area contributed by atoms with Crippen LogP contribution in [0.3, 0.4) is 0 Å². The Labute approximate surface area is 181 Å². The second kappa shape index (κ2) is 8.26. The van der Waals surface area contributed by atoms with E-state index in [1.165, 1.54) is 29.7 Å². The number of nitrogens with zero attached hydrogens (tertiary/aromatic N) is 4. The number of aromatic nitrogens is 3. The Balaban J connectivity index is 1.64. The smallest absolute Gasteiger partial charge is 0.368 e. The number of amides is 1. The van der Waals surface area contributed by atoms with E-state index >= 15 is 0 Å². The number of hydrogen-bond acceptors (Lipinski definition) is 6. The zero-order chi connectivity index (χ0) is 22.2. The van der Waals surface area contributed by atoms with E-state index in [2.05, 4.69) is 15.0 Å². The van der Waals surface area contributed by atoms with Crippen molar-refractivity contribution in [2.75, 3.05) is 18.8 Å². The summed E-state index contributed by atoms with van der Waals surface area (Å²) in [6.07, 6.45) is -1.30. The first-order chi connectivity index (χ1) is 14.7. The van der Waals surface area contributed by atoms with Gasteiger partial charge in [-0.15, -0.1) is 11.3 Å². The predicted octanol–water partition coefficient (Wildman–Crippen LogP) is 4.53. The van der Waals surface area contributed by atoms with Gasteiger partial charge in [-0.3, -0.25) is 4.79 Å². The second-order valence-electron chi connectivity index (χ2n) is 7.46. The van der Waals surface area contributed by atoms with Crippen LogP contribution in [0.25, 0.3) is 11.1 Å². The molecular formula is C21H20F3N5OS. The maximum Gasteiger partial charge on any atom is 0.416 e. The number of piperidine rings is 1. The number of alkyl halides is 3. The minimum atomic E-state index is -4.40. The van der Waals surface area contributed by atoms with Crippen LogP contribution in [0.2, 0.25) is 0 Å². The van der Waals surface area contributed by atoms with Gasteiger partial charge in [-0.2, -0.15) is 13.2 Å². The third-order valence-corrected chi connectivity index (χ3v) is 6.31. The zero-order valence-corrected chi connectivity index (χ0v) is 17.5. The molecule has 1 aliphatic rings. The van der Waals surface area contributed by atoms with Crippen LogP contribution in [0, 0.1) is 6.92 Å². The molecular weight excluding hydrogens is 427 g/mol. The molecule has 3 heterocycles. The maximum atomic E-state index is 12.9. The summed E-state index contributed by atoms with van der Waals surface area (Å²) in [6.45, 7) is 2.88. The minimum absolute atomic E-state index is 0.0668. The number of nitrogen functional groups attached to an aromatic ring is 1.